The van der Waals surface area contributed by atoms with Gasteiger partial charge in [-0.05, 0) is 109 Å². The smallest absolute Gasteiger partial charge is 0.407 e. The molecular weight excluding hydrogens is 869 g/mol. The molecule has 2 aromatic heterocycles. The van der Waals surface area contributed by atoms with Crippen LogP contribution >= 0.6 is 0 Å². The molecule has 2 aliphatic heterocycles. The first-order chi connectivity index (χ1) is 33.6. The molecule has 0 unspecified atom stereocenters. The van der Waals surface area contributed by atoms with Gasteiger partial charge < -0.3 is 39.9 Å². The Morgan fingerprint density at radius 2 is 1.33 bits per heavy atom. The fourth-order valence-electron chi connectivity index (χ4n) is 10.8. The third-order valence-corrected chi connectivity index (χ3v) is 15.1. The molecule has 14 heteroatoms. The molecule has 0 spiro atoms. The number of nitrogens with one attached hydrogen (secondary N) is 4. The molecule has 2 saturated carbocycles. The number of aromatic nitrogens is 4. The lowest BCUT2D eigenvalue weighted by Gasteiger charge is -2.29. The van der Waals surface area contributed by atoms with Crippen LogP contribution in [0.25, 0.3) is 54.7 Å². The number of methoxy groups -OCH3 is 1. The Morgan fingerprint density at radius 1 is 0.696 bits per heavy atom. The number of hydrogen-bond donors (Lipinski definition) is 4. The van der Waals surface area contributed by atoms with Gasteiger partial charge in [-0.15, -0.1) is 0 Å². The van der Waals surface area contributed by atoms with Gasteiger partial charge in [0, 0.05) is 42.3 Å². The number of imidazole rings is 2. The monoisotopic (exact) mass is 928 g/mol. The molecule has 0 radical (unpaired) electrons. The summed E-state index contributed by atoms with van der Waals surface area (Å²) in [4.78, 5) is 75.2. The summed E-state index contributed by atoms with van der Waals surface area (Å²) in [6.45, 7) is 6.27. The van der Waals surface area contributed by atoms with E-state index in [-0.39, 0.29) is 47.6 Å². The standard InChI is InChI=1S/C55H60N8O6/c1-31(2)46(61-55(67)68-3)53(65)62-24-8-13-44(62)50-56-42-22-18-38-26-36(16-20-40(38)48(42)58-50)37-17-21-41-39(27-37)19-23-43-49(41)59-51(57-43)45-25-33(30-69-29-32-9-7-10-32)28-63(45)54(66)47(34-11-5-4-6-12-34)60-52(64)35-14-15-35/h4-6,11-12,16-23,26-27,31-33,35,44-47H,7-10,13-15,24-25,28-30H2,1-3H3,(H,56,58)(H,57,59)(H,60,64)(H,61,67)/t33-,44-,45-,46-,47+/m0/s1. The summed E-state index contributed by atoms with van der Waals surface area (Å²) in [7, 11) is 1.30. The number of carbonyl (C=O) groups is 4. The Bertz CT molecular complexity index is 3080. The summed E-state index contributed by atoms with van der Waals surface area (Å²) >= 11 is 0. The van der Waals surface area contributed by atoms with E-state index >= 15 is 0 Å². The van der Waals surface area contributed by atoms with Gasteiger partial charge >= 0.3 is 6.09 Å². The lowest BCUT2D eigenvalue weighted by molar-refractivity contribution is -0.138. The number of ether oxygens (including phenoxy) is 2. The van der Waals surface area contributed by atoms with Crippen LogP contribution in [0.3, 0.4) is 0 Å². The average Bonchev–Trinajstić information content (AvgIpc) is 3.67. The van der Waals surface area contributed by atoms with Gasteiger partial charge in [0.15, 0.2) is 0 Å². The Labute approximate surface area is 400 Å². The van der Waals surface area contributed by atoms with Gasteiger partial charge in [-0.25, -0.2) is 14.8 Å². The van der Waals surface area contributed by atoms with Crippen molar-refractivity contribution >= 4 is 67.4 Å². The van der Waals surface area contributed by atoms with Gasteiger partial charge in [-0.1, -0.05) is 87.0 Å². The first-order valence-corrected chi connectivity index (χ1v) is 24.8. The van der Waals surface area contributed by atoms with Gasteiger partial charge in [0.25, 0.3) is 0 Å². The number of nitrogens with zero attached hydrogens (tertiary/aromatic N) is 4. The molecular formula is C55H60N8O6. The highest BCUT2D eigenvalue weighted by molar-refractivity contribution is 6.07. The lowest BCUT2D eigenvalue weighted by atomic mass is 9.86. The van der Waals surface area contributed by atoms with Crippen LogP contribution in [0.15, 0.2) is 91.0 Å². The minimum Gasteiger partial charge on any atom is -0.453 e. The largest absolute Gasteiger partial charge is 0.453 e. The Balaban J connectivity index is 0.860. The van der Waals surface area contributed by atoms with Gasteiger partial charge in [0.1, 0.15) is 23.7 Å². The number of H-pyrrole nitrogens is 2. The summed E-state index contributed by atoms with van der Waals surface area (Å²) in [5, 5.41) is 9.99. The fourth-order valence-corrected chi connectivity index (χ4v) is 10.8. The van der Waals surface area contributed by atoms with Crippen molar-refractivity contribution in [3.8, 4) is 11.1 Å². The van der Waals surface area contributed by atoms with Gasteiger partial charge in [0.05, 0.1) is 47.9 Å². The van der Waals surface area contributed by atoms with Crippen LogP contribution in [0.5, 0.6) is 0 Å². The van der Waals surface area contributed by atoms with Gasteiger partial charge in [-0.2, -0.15) is 0 Å². The number of amides is 4. The van der Waals surface area contributed by atoms with E-state index in [1.54, 1.807) is 0 Å². The summed E-state index contributed by atoms with van der Waals surface area (Å²) in [6, 6.07) is 28.8. The number of fused-ring (bicyclic) bond motifs is 6. The minimum absolute atomic E-state index is 0.0311. The van der Waals surface area contributed by atoms with Crippen molar-refractivity contribution in [2.24, 2.45) is 23.7 Å². The minimum atomic E-state index is -0.792. The van der Waals surface area contributed by atoms with Crippen molar-refractivity contribution in [2.75, 3.05) is 33.4 Å². The molecule has 0 bridgehead atoms. The van der Waals surface area contributed by atoms with E-state index in [4.69, 9.17) is 19.4 Å². The normalized spacial score (nSPS) is 20.5. The van der Waals surface area contributed by atoms with E-state index in [1.165, 1.54) is 26.4 Å². The quantitative estimate of drug-likeness (QED) is 0.0835. The number of hydrogen-bond acceptors (Lipinski definition) is 8. The van der Waals surface area contributed by atoms with Crippen LogP contribution in [0.1, 0.15) is 101 Å². The third kappa shape index (κ3) is 8.79. The Morgan fingerprint density at radius 3 is 1.93 bits per heavy atom. The zero-order valence-electron chi connectivity index (χ0n) is 39.5. The highest BCUT2D eigenvalue weighted by Gasteiger charge is 2.43. The van der Waals surface area contributed by atoms with Crippen molar-refractivity contribution in [2.45, 2.75) is 89.4 Å². The SMILES string of the molecule is COC(=O)N[C@H](C(=O)N1CCC[C@H]1c1nc2c(ccc3cc(-c4ccc5c(ccc6[nH]c([C@@H]7C[C@H](COCC8CCC8)CN7C(=O)[C@H](NC(=O)C7CC7)c7ccccc7)nc65)c4)ccc32)[nH]1)C(C)C. The van der Waals surface area contributed by atoms with Crippen molar-refractivity contribution in [1.29, 1.82) is 0 Å². The number of likely N-dealkylation sites (tertiary alicyclic amines) is 2. The van der Waals surface area contributed by atoms with E-state index in [1.807, 2.05) is 54.0 Å². The summed E-state index contributed by atoms with van der Waals surface area (Å²) in [5.41, 5.74) is 6.42. The van der Waals surface area contributed by atoms with E-state index in [0.29, 0.717) is 32.0 Å². The molecule has 4 amide bonds. The number of aromatic amines is 2. The molecule has 2 saturated heterocycles. The first-order valence-electron chi connectivity index (χ1n) is 24.8. The topological polar surface area (TPSA) is 175 Å². The number of alkyl carbamates (subject to hydrolysis) is 1. The lowest BCUT2D eigenvalue weighted by Crippen LogP contribution is -2.51. The summed E-state index contributed by atoms with van der Waals surface area (Å²) < 4.78 is 11.1. The molecule has 356 valence electrons. The number of benzene rings is 5. The summed E-state index contributed by atoms with van der Waals surface area (Å²) in [6.07, 6.45) is 7.11. The second-order valence-electron chi connectivity index (χ2n) is 20.2. The second-order valence-corrected chi connectivity index (χ2v) is 20.2. The molecule has 7 aromatic rings. The number of rotatable bonds is 14. The molecule has 2 aliphatic carbocycles. The van der Waals surface area contributed by atoms with Gasteiger partial charge in [-0.3, -0.25) is 14.4 Å². The molecule has 4 fully saturated rings. The van der Waals surface area contributed by atoms with Crippen LogP contribution in [0.2, 0.25) is 0 Å². The predicted molar refractivity (Wildman–Crippen MR) is 265 cm³/mol. The molecule has 14 nitrogen and oxygen atoms in total. The van der Waals surface area contributed by atoms with Crippen LogP contribution in [-0.2, 0) is 23.9 Å². The maximum Gasteiger partial charge on any atom is 0.407 e. The van der Waals surface area contributed by atoms with Gasteiger partial charge in [0.2, 0.25) is 17.7 Å². The Hall–Kier alpha value is -6.80. The maximum atomic E-state index is 14.8. The zero-order valence-corrected chi connectivity index (χ0v) is 39.5. The summed E-state index contributed by atoms with van der Waals surface area (Å²) in [5.74, 6) is 1.76. The van der Waals surface area contributed by atoms with Crippen LogP contribution in [-0.4, -0.2) is 93.0 Å². The van der Waals surface area contributed by atoms with Crippen molar-refractivity contribution in [3.05, 3.63) is 108 Å². The van der Waals surface area contributed by atoms with Crippen molar-refractivity contribution < 1.29 is 28.7 Å². The van der Waals surface area contributed by atoms with Crippen LogP contribution in [0, 0.1) is 23.7 Å². The van der Waals surface area contributed by atoms with E-state index in [9.17, 15) is 19.2 Å². The first kappa shape index (κ1) is 44.7. The molecule has 4 aliphatic rings. The third-order valence-electron chi connectivity index (χ3n) is 15.1. The van der Waals surface area contributed by atoms with Crippen LogP contribution < -0.4 is 10.6 Å². The number of carbonyl (C=O) groups excluding carboxylic acids is 4. The molecule has 5 atom stereocenters. The molecule has 5 aromatic carbocycles. The molecule has 69 heavy (non-hydrogen) atoms. The molecule has 11 rings (SSSR count). The van der Waals surface area contributed by atoms with E-state index in [2.05, 4.69) is 81.3 Å². The molecule has 4 N–H and O–H groups in total. The second kappa shape index (κ2) is 18.6. The van der Waals surface area contributed by atoms with Crippen molar-refractivity contribution in [1.82, 2.24) is 40.4 Å². The Kier molecular flexibility index (Phi) is 12.0. The van der Waals surface area contributed by atoms with Crippen LogP contribution in [0.4, 0.5) is 4.79 Å². The fraction of sp³-hybridized carbons (Fsp3) is 0.418. The zero-order chi connectivity index (χ0) is 47.3. The van der Waals surface area contributed by atoms with E-state index in [0.717, 1.165) is 104 Å². The highest BCUT2D eigenvalue weighted by Crippen LogP contribution is 2.41. The highest BCUT2D eigenvalue weighted by atomic mass is 16.5. The maximum absolute atomic E-state index is 14.8. The van der Waals surface area contributed by atoms with E-state index < -0.39 is 18.2 Å². The van der Waals surface area contributed by atoms with Crippen molar-refractivity contribution in [3.63, 3.8) is 0 Å². The average molecular weight is 929 g/mol. The predicted octanol–water partition coefficient (Wildman–Crippen LogP) is 9.43. The molecule has 4 heterocycles.